The number of carboxylic acids is 1. The molecule has 2 rings (SSSR count). The Labute approximate surface area is 118 Å². The Morgan fingerprint density at radius 3 is 2.80 bits per heavy atom. The first-order valence-corrected chi connectivity index (χ1v) is 6.92. The monoisotopic (exact) mass is 279 g/mol. The minimum absolute atomic E-state index is 0.166. The minimum atomic E-state index is -0.809. The number of hydrogen-bond donors (Lipinski definition) is 1. The summed E-state index contributed by atoms with van der Waals surface area (Å²) in [5.41, 5.74) is 0.888. The van der Waals surface area contributed by atoms with Crippen LogP contribution in [0.1, 0.15) is 24.9 Å². The number of anilines is 1. The fourth-order valence-corrected chi connectivity index (χ4v) is 2.62. The van der Waals surface area contributed by atoms with Gasteiger partial charge in [0.25, 0.3) is 0 Å². The van der Waals surface area contributed by atoms with Gasteiger partial charge in [0.15, 0.2) is 0 Å². The Kier molecular flexibility index (Phi) is 4.54. The van der Waals surface area contributed by atoms with Crippen LogP contribution in [0.2, 0.25) is 0 Å². The van der Waals surface area contributed by atoms with E-state index in [0.717, 1.165) is 24.5 Å². The number of nitrogens with zero attached hydrogens (tertiary/aromatic N) is 3. The second kappa shape index (κ2) is 6.17. The van der Waals surface area contributed by atoms with E-state index >= 15 is 0 Å². The van der Waals surface area contributed by atoms with Crippen LogP contribution in [0.25, 0.3) is 0 Å². The van der Waals surface area contributed by atoms with E-state index in [-0.39, 0.29) is 12.6 Å². The van der Waals surface area contributed by atoms with Crippen LogP contribution in [0, 0.1) is 19.8 Å². The molecule has 0 radical (unpaired) electrons. The molecule has 2 heterocycles. The van der Waals surface area contributed by atoms with Crippen molar-refractivity contribution in [2.75, 3.05) is 24.7 Å². The molecule has 0 aromatic carbocycles. The Balaban J connectivity index is 2.32. The zero-order chi connectivity index (χ0) is 14.7. The largest absolute Gasteiger partial charge is 0.481 e. The van der Waals surface area contributed by atoms with E-state index in [1.807, 2.05) is 24.8 Å². The van der Waals surface area contributed by atoms with Crippen LogP contribution < -0.4 is 4.90 Å². The van der Waals surface area contributed by atoms with Gasteiger partial charge in [-0.3, -0.25) is 4.79 Å². The molecule has 6 nitrogen and oxygen atoms in total. The highest BCUT2D eigenvalue weighted by molar-refractivity contribution is 5.72. The first-order chi connectivity index (χ1) is 9.52. The number of aromatic nitrogens is 2. The molecule has 1 aliphatic heterocycles. The van der Waals surface area contributed by atoms with Gasteiger partial charge in [0.1, 0.15) is 17.6 Å². The molecule has 0 amide bonds. The zero-order valence-electron chi connectivity index (χ0n) is 12.2. The van der Waals surface area contributed by atoms with Crippen LogP contribution in [0.4, 0.5) is 5.82 Å². The van der Waals surface area contributed by atoms with Crippen molar-refractivity contribution >= 4 is 11.8 Å². The molecule has 0 spiro atoms. The maximum absolute atomic E-state index is 11.3. The summed E-state index contributed by atoms with van der Waals surface area (Å²) in [5, 5.41) is 9.32. The molecule has 110 valence electrons. The quantitative estimate of drug-likeness (QED) is 0.878. The fourth-order valence-electron chi connectivity index (χ4n) is 2.62. The average Bonchev–Trinajstić information content (AvgIpc) is 2.83. The normalized spacial score (nSPS) is 21.9. The Hall–Kier alpha value is -1.69. The van der Waals surface area contributed by atoms with Gasteiger partial charge in [-0.1, -0.05) is 6.92 Å². The van der Waals surface area contributed by atoms with Crippen LogP contribution in [-0.2, 0) is 9.53 Å². The van der Waals surface area contributed by atoms with Crippen molar-refractivity contribution in [2.24, 2.45) is 5.92 Å². The molecular formula is C14H21N3O3. The summed E-state index contributed by atoms with van der Waals surface area (Å²) in [5.74, 6) is 0.179. The lowest BCUT2D eigenvalue weighted by Crippen LogP contribution is -2.44. The highest BCUT2D eigenvalue weighted by atomic mass is 16.5. The van der Waals surface area contributed by atoms with Crippen molar-refractivity contribution in [3.63, 3.8) is 0 Å². The van der Waals surface area contributed by atoms with Gasteiger partial charge in [0.2, 0.25) is 0 Å². The van der Waals surface area contributed by atoms with E-state index < -0.39 is 11.9 Å². The van der Waals surface area contributed by atoms with Gasteiger partial charge < -0.3 is 14.7 Å². The van der Waals surface area contributed by atoms with Crippen LogP contribution in [0.3, 0.4) is 0 Å². The van der Waals surface area contributed by atoms with Crippen LogP contribution in [0.15, 0.2) is 6.07 Å². The van der Waals surface area contributed by atoms with Crippen LogP contribution in [0.5, 0.6) is 0 Å². The summed E-state index contributed by atoms with van der Waals surface area (Å²) in [6.45, 7) is 7.29. The van der Waals surface area contributed by atoms with E-state index in [0.29, 0.717) is 12.4 Å². The lowest BCUT2D eigenvalue weighted by molar-refractivity contribution is -0.141. The van der Waals surface area contributed by atoms with E-state index in [2.05, 4.69) is 16.9 Å². The maximum atomic E-state index is 11.3. The number of carboxylic acid groups (broad SMARTS) is 1. The highest BCUT2D eigenvalue weighted by Gasteiger charge is 2.38. The fraction of sp³-hybridized carbons (Fsp3) is 0.643. The van der Waals surface area contributed by atoms with E-state index in [4.69, 9.17) is 4.74 Å². The molecule has 0 aliphatic carbocycles. The van der Waals surface area contributed by atoms with Gasteiger partial charge >= 0.3 is 5.97 Å². The Bertz CT molecular complexity index is 472. The summed E-state index contributed by atoms with van der Waals surface area (Å²) in [4.78, 5) is 22.1. The molecule has 6 heteroatoms. The second-order valence-corrected chi connectivity index (χ2v) is 5.16. The topological polar surface area (TPSA) is 75.5 Å². The van der Waals surface area contributed by atoms with Crippen molar-refractivity contribution < 1.29 is 14.6 Å². The number of aliphatic carboxylic acids is 1. The number of hydrogen-bond acceptors (Lipinski definition) is 5. The molecule has 0 bridgehead atoms. The van der Waals surface area contributed by atoms with Gasteiger partial charge in [-0.2, -0.15) is 0 Å². The third-order valence-electron chi connectivity index (χ3n) is 3.48. The van der Waals surface area contributed by atoms with E-state index in [9.17, 15) is 9.90 Å². The summed E-state index contributed by atoms with van der Waals surface area (Å²) in [7, 11) is 0. The summed E-state index contributed by atoms with van der Waals surface area (Å²) in [6.07, 6.45) is 0.922. The van der Waals surface area contributed by atoms with Gasteiger partial charge in [-0.25, -0.2) is 9.97 Å². The van der Waals surface area contributed by atoms with Gasteiger partial charge in [0, 0.05) is 18.3 Å². The summed E-state index contributed by atoms with van der Waals surface area (Å²) < 4.78 is 5.37. The molecule has 1 aliphatic rings. The number of aryl methyl sites for hydroxylation is 2. The number of carbonyl (C=O) groups is 1. The predicted molar refractivity (Wildman–Crippen MR) is 74.9 cm³/mol. The molecule has 1 saturated heterocycles. The molecule has 20 heavy (non-hydrogen) atoms. The molecule has 2 unspecified atom stereocenters. The lowest BCUT2D eigenvalue weighted by Gasteiger charge is -2.31. The van der Waals surface area contributed by atoms with Gasteiger partial charge in [-0.05, 0) is 20.3 Å². The molecule has 1 fully saturated rings. The third kappa shape index (κ3) is 3.07. The number of rotatable bonds is 5. The molecule has 1 aromatic heterocycles. The van der Waals surface area contributed by atoms with Crippen molar-refractivity contribution in [3.8, 4) is 0 Å². The minimum Gasteiger partial charge on any atom is -0.481 e. The predicted octanol–water partition coefficient (Wildman–Crippen LogP) is 1.41. The van der Waals surface area contributed by atoms with Crippen molar-refractivity contribution in [3.05, 3.63) is 17.6 Å². The average molecular weight is 279 g/mol. The maximum Gasteiger partial charge on any atom is 0.311 e. The Morgan fingerprint density at radius 1 is 1.45 bits per heavy atom. The number of ether oxygens (including phenoxy) is 1. The molecular weight excluding hydrogens is 258 g/mol. The van der Waals surface area contributed by atoms with Crippen molar-refractivity contribution in [2.45, 2.75) is 33.2 Å². The summed E-state index contributed by atoms with van der Waals surface area (Å²) >= 11 is 0. The molecule has 1 N–H and O–H groups in total. The van der Waals surface area contributed by atoms with Gasteiger partial charge in [0.05, 0.1) is 19.3 Å². The third-order valence-corrected chi connectivity index (χ3v) is 3.48. The zero-order valence-corrected chi connectivity index (χ0v) is 12.2. The highest BCUT2D eigenvalue weighted by Crippen LogP contribution is 2.25. The first kappa shape index (κ1) is 14.7. The molecule has 1 aromatic rings. The van der Waals surface area contributed by atoms with Crippen molar-refractivity contribution in [1.29, 1.82) is 0 Å². The van der Waals surface area contributed by atoms with E-state index in [1.165, 1.54) is 0 Å². The molecule has 0 saturated carbocycles. The SMILES string of the molecule is CCCN(c1cc(C)nc(C)n1)C1COCC1C(=O)O. The second-order valence-electron chi connectivity index (χ2n) is 5.16. The van der Waals surface area contributed by atoms with Gasteiger partial charge in [-0.15, -0.1) is 0 Å². The van der Waals surface area contributed by atoms with Crippen molar-refractivity contribution in [1.82, 2.24) is 9.97 Å². The van der Waals surface area contributed by atoms with E-state index in [1.54, 1.807) is 0 Å². The van der Waals surface area contributed by atoms with Crippen LogP contribution in [-0.4, -0.2) is 46.8 Å². The summed E-state index contributed by atoms with van der Waals surface area (Å²) in [6, 6.07) is 1.74. The standard InChI is InChI=1S/C14H21N3O3/c1-4-5-17(12-8-20-7-11(12)14(18)19)13-6-9(2)15-10(3)16-13/h6,11-12H,4-5,7-8H2,1-3H3,(H,18,19). The van der Waals surface area contributed by atoms with Crippen LogP contribution >= 0.6 is 0 Å². The lowest BCUT2D eigenvalue weighted by atomic mass is 10.0. The first-order valence-electron chi connectivity index (χ1n) is 6.92. The Morgan fingerprint density at radius 2 is 2.20 bits per heavy atom. The molecule has 2 atom stereocenters. The smallest absolute Gasteiger partial charge is 0.311 e.